The third-order valence-electron chi connectivity index (χ3n) is 4.88. The van der Waals surface area contributed by atoms with Gasteiger partial charge < -0.3 is 14.8 Å². The zero-order valence-corrected chi connectivity index (χ0v) is 16.6. The van der Waals surface area contributed by atoms with Gasteiger partial charge in [-0.05, 0) is 29.7 Å². The lowest BCUT2D eigenvalue weighted by Gasteiger charge is -2.08. The quantitative estimate of drug-likeness (QED) is 0.706. The van der Waals surface area contributed by atoms with Crippen molar-refractivity contribution < 1.29 is 9.47 Å². The van der Waals surface area contributed by atoms with Crippen molar-refractivity contribution in [3.8, 4) is 0 Å². The minimum atomic E-state index is 0.612. The van der Waals surface area contributed by atoms with Crippen LogP contribution in [0, 0.1) is 0 Å². The molecule has 0 atom stereocenters. The summed E-state index contributed by atoms with van der Waals surface area (Å²) < 4.78 is 10.9. The number of nitrogens with zero attached hydrogens (tertiary/aromatic N) is 2. The standard InChI is InChI=1S/C24H23N3O2/c1-28-22-13-12-20-21(15-23(22)29-2)25-16-26-24(20)27-19-10-8-18(9-11-19)14-17-6-4-3-5-7-17/h3-12,15-16H,13-14H2,1-2H3,(H,25,26,27). The number of fused-ring (bicyclic) bond motifs is 1. The molecule has 0 fully saturated rings. The van der Waals surface area contributed by atoms with Crippen molar-refractivity contribution in [2.75, 3.05) is 19.5 Å². The lowest BCUT2D eigenvalue weighted by Crippen LogP contribution is -2.31. The predicted molar refractivity (Wildman–Crippen MR) is 115 cm³/mol. The summed E-state index contributed by atoms with van der Waals surface area (Å²) in [6.07, 6.45) is 7.02. The van der Waals surface area contributed by atoms with E-state index in [0.717, 1.165) is 34.3 Å². The Morgan fingerprint density at radius 1 is 0.897 bits per heavy atom. The molecule has 1 N–H and O–H groups in total. The van der Waals surface area contributed by atoms with Crippen LogP contribution in [0.1, 0.15) is 17.5 Å². The molecule has 0 aliphatic heterocycles. The number of methoxy groups -OCH3 is 2. The monoisotopic (exact) mass is 385 g/mol. The molecule has 5 heteroatoms. The number of hydrogen-bond acceptors (Lipinski definition) is 5. The van der Waals surface area contributed by atoms with Crippen LogP contribution in [0.25, 0.3) is 12.2 Å². The summed E-state index contributed by atoms with van der Waals surface area (Å²) in [7, 11) is 3.28. The normalized spacial score (nSPS) is 12.9. The Morgan fingerprint density at radius 3 is 2.38 bits per heavy atom. The third-order valence-corrected chi connectivity index (χ3v) is 4.88. The van der Waals surface area contributed by atoms with E-state index in [4.69, 9.17) is 9.47 Å². The van der Waals surface area contributed by atoms with Gasteiger partial charge in [-0.3, -0.25) is 0 Å². The van der Waals surface area contributed by atoms with Crippen molar-refractivity contribution in [3.63, 3.8) is 0 Å². The smallest absolute Gasteiger partial charge is 0.158 e. The maximum Gasteiger partial charge on any atom is 0.158 e. The van der Waals surface area contributed by atoms with Crippen LogP contribution in [0.15, 0.2) is 72.4 Å². The van der Waals surface area contributed by atoms with Gasteiger partial charge in [0.05, 0.1) is 19.6 Å². The Hall–Kier alpha value is -3.60. The summed E-state index contributed by atoms with van der Waals surface area (Å²) in [5.41, 5.74) is 3.55. The Morgan fingerprint density at radius 2 is 1.66 bits per heavy atom. The van der Waals surface area contributed by atoms with Gasteiger partial charge in [-0.25, -0.2) is 9.97 Å². The van der Waals surface area contributed by atoms with Gasteiger partial charge in [-0.15, -0.1) is 0 Å². The van der Waals surface area contributed by atoms with Crippen molar-refractivity contribution >= 4 is 23.7 Å². The first-order valence-corrected chi connectivity index (χ1v) is 9.51. The zero-order valence-electron chi connectivity index (χ0n) is 16.6. The molecule has 0 radical (unpaired) electrons. The number of ether oxygens (including phenoxy) is 2. The largest absolute Gasteiger partial charge is 0.497 e. The second-order valence-corrected chi connectivity index (χ2v) is 6.75. The highest BCUT2D eigenvalue weighted by Crippen LogP contribution is 2.17. The second-order valence-electron chi connectivity index (χ2n) is 6.75. The van der Waals surface area contributed by atoms with Crippen LogP contribution in [-0.4, -0.2) is 24.2 Å². The molecule has 1 heterocycles. The van der Waals surface area contributed by atoms with Crippen molar-refractivity contribution in [1.29, 1.82) is 0 Å². The summed E-state index contributed by atoms with van der Waals surface area (Å²) in [5.74, 6) is 2.20. The van der Waals surface area contributed by atoms with Gasteiger partial charge in [0.25, 0.3) is 0 Å². The molecule has 29 heavy (non-hydrogen) atoms. The molecule has 0 amide bonds. The van der Waals surface area contributed by atoms with Crippen LogP contribution in [0.2, 0.25) is 0 Å². The lowest BCUT2D eigenvalue weighted by atomic mass is 10.0. The van der Waals surface area contributed by atoms with Gasteiger partial charge in [-0.1, -0.05) is 48.5 Å². The zero-order chi connectivity index (χ0) is 20.1. The van der Waals surface area contributed by atoms with E-state index in [1.54, 1.807) is 20.5 Å². The fraction of sp³-hybridized carbons (Fsp3) is 0.167. The van der Waals surface area contributed by atoms with Gasteiger partial charge in [0.2, 0.25) is 0 Å². The van der Waals surface area contributed by atoms with Crippen LogP contribution < -0.4 is 15.9 Å². The number of benzene rings is 2. The number of hydrogen-bond donors (Lipinski definition) is 1. The van der Waals surface area contributed by atoms with Crippen LogP contribution in [0.5, 0.6) is 0 Å². The molecule has 2 aromatic carbocycles. The molecule has 3 aromatic rings. The van der Waals surface area contributed by atoms with Crippen LogP contribution in [-0.2, 0) is 15.9 Å². The van der Waals surface area contributed by atoms with E-state index in [0.29, 0.717) is 12.2 Å². The number of rotatable bonds is 6. The van der Waals surface area contributed by atoms with E-state index >= 15 is 0 Å². The molecule has 1 aliphatic carbocycles. The molecule has 146 valence electrons. The first-order valence-electron chi connectivity index (χ1n) is 9.51. The topological polar surface area (TPSA) is 56.3 Å². The minimum Gasteiger partial charge on any atom is -0.497 e. The highest BCUT2D eigenvalue weighted by Gasteiger charge is 2.10. The SMILES string of the molecule is COC1=C(OC)CC=c2c(Nc3ccc(Cc4ccccc4)cc3)ncnc2=C1. The molecule has 0 unspecified atom stereocenters. The number of anilines is 2. The Bertz CT molecular complexity index is 1140. The summed E-state index contributed by atoms with van der Waals surface area (Å²) >= 11 is 0. The molecular formula is C24H23N3O2. The van der Waals surface area contributed by atoms with Crippen molar-refractivity contribution in [2.45, 2.75) is 12.8 Å². The van der Waals surface area contributed by atoms with E-state index in [-0.39, 0.29) is 0 Å². The molecule has 0 saturated heterocycles. The summed E-state index contributed by atoms with van der Waals surface area (Å²) in [6.45, 7) is 0. The van der Waals surface area contributed by atoms with Crippen LogP contribution >= 0.6 is 0 Å². The van der Waals surface area contributed by atoms with Crippen LogP contribution in [0.4, 0.5) is 11.5 Å². The van der Waals surface area contributed by atoms with E-state index in [2.05, 4.69) is 69.9 Å². The van der Waals surface area contributed by atoms with Gasteiger partial charge in [-0.2, -0.15) is 0 Å². The number of nitrogens with one attached hydrogen (secondary N) is 1. The summed E-state index contributed by atoms with van der Waals surface area (Å²) in [6, 6.07) is 18.9. The van der Waals surface area contributed by atoms with Crippen molar-refractivity contribution in [1.82, 2.24) is 9.97 Å². The van der Waals surface area contributed by atoms with Gasteiger partial charge in [0.15, 0.2) is 5.76 Å². The fourth-order valence-electron chi connectivity index (χ4n) is 3.36. The first kappa shape index (κ1) is 18.7. The molecule has 5 nitrogen and oxygen atoms in total. The molecule has 0 spiro atoms. The molecule has 0 saturated carbocycles. The van der Waals surface area contributed by atoms with Gasteiger partial charge >= 0.3 is 0 Å². The maximum atomic E-state index is 5.45. The predicted octanol–water partition coefficient (Wildman–Crippen LogP) is 3.28. The van der Waals surface area contributed by atoms with E-state index < -0.39 is 0 Å². The molecule has 0 bridgehead atoms. The third kappa shape index (κ3) is 4.29. The fourth-order valence-corrected chi connectivity index (χ4v) is 3.36. The average Bonchev–Trinajstić information content (AvgIpc) is 2.95. The van der Waals surface area contributed by atoms with Crippen LogP contribution in [0.3, 0.4) is 0 Å². The van der Waals surface area contributed by atoms with Crippen molar-refractivity contribution in [2.24, 2.45) is 0 Å². The number of allylic oxidation sites excluding steroid dienone is 2. The highest BCUT2D eigenvalue weighted by atomic mass is 16.5. The van der Waals surface area contributed by atoms with Gasteiger partial charge in [0.1, 0.15) is 17.9 Å². The maximum absolute atomic E-state index is 5.45. The number of aromatic nitrogens is 2. The second kappa shape index (κ2) is 8.61. The highest BCUT2D eigenvalue weighted by molar-refractivity contribution is 5.60. The Labute approximate surface area is 170 Å². The van der Waals surface area contributed by atoms with E-state index in [9.17, 15) is 0 Å². The molecule has 1 aromatic heterocycles. The first-order chi connectivity index (χ1) is 14.3. The van der Waals surface area contributed by atoms with E-state index in [1.165, 1.54) is 11.1 Å². The van der Waals surface area contributed by atoms with Crippen molar-refractivity contribution in [3.05, 3.63) is 94.1 Å². The summed E-state index contributed by atoms with van der Waals surface area (Å²) in [4.78, 5) is 8.85. The summed E-state index contributed by atoms with van der Waals surface area (Å²) in [5, 5.41) is 5.15. The molecule has 1 aliphatic rings. The Balaban J connectivity index is 1.58. The molecular weight excluding hydrogens is 362 g/mol. The average molecular weight is 385 g/mol. The lowest BCUT2D eigenvalue weighted by molar-refractivity contribution is 0.232. The van der Waals surface area contributed by atoms with E-state index in [1.807, 2.05) is 12.1 Å². The Kier molecular flexibility index (Phi) is 5.56. The molecule has 4 rings (SSSR count). The van der Waals surface area contributed by atoms with Gasteiger partial charge in [0, 0.05) is 23.4 Å². The minimum absolute atomic E-state index is 0.612.